The van der Waals surface area contributed by atoms with Gasteiger partial charge in [-0.3, -0.25) is 9.48 Å². The molecule has 0 unspecified atom stereocenters. The van der Waals surface area contributed by atoms with E-state index in [0.29, 0.717) is 6.54 Å². The molecule has 0 spiro atoms. The summed E-state index contributed by atoms with van der Waals surface area (Å²) in [5.74, 6) is -0.943. The zero-order valence-corrected chi connectivity index (χ0v) is 12.6. The van der Waals surface area contributed by atoms with Crippen LogP contribution in [0, 0.1) is 0 Å². The number of aliphatic carboxylic acids is 1. The highest BCUT2D eigenvalue weighted by atomic mass is 32.2. The normalized spacial score (nSPS) is 11.9. The molecule has 114 valence electrons. The van der Waals surface area contributed by atoms with Crippen LogP contribution >= 0.6 is 0 Å². The van der Waals surface area contributed by atoms with E-state index in [1.807, 2.05) is 0 Å². The standard InChI is InChI=1S/C12H21N3O4S/c1-3-4-5-7-14(2)20(18,19)11-9-13-15(10-11)8-6-12(16)17/h9-10H,3-8H2,1-2H3,(H,16,17). The van der Waals surface area contributed by atoms with Crippen LogP contribution < -0.4 is 0 Å². The number of unbranched alkanes of at least 4 members (excludes halogenated alkanes) is 2. The number of carboxylic acid groups (broad SMARTS) is 1. The molecule has 0 fully saturated rings. The van der Waals surface area contributed by atoms with Gasteiger partial charge in [0.2, 0.25) is 10.0 Å². The van der Waals surface area contributed by atoms with Gasteiger partial charge in [0.1, 0.15) is 4.90 Å². The van der Waals surface area contributed by atoms with Gasteiger partial charge in [-0.1, -0.05) is 19.8 Å². The average molecular weight is 303 g/mol. The van der Waals surface area contributed by atoms with Crippen molar-refractivity contribution in [1.82, 2.24) is 14.1 Å². The van der Waals surface area contributed by atoms with Crippen molar-refractivity contribution in [2.24, 2.45) is 0 Å². The molecule has 1 rings (SSSR count). The summed E-state index contributed by atoms with van der Waals surface area (Å²) in [4.78, 5) is 10.6. The summed E-state index contributed by atoms with van der Waals surface area (Å²) in [6.07, 6.45) is 5.37. The minimum absolute atomic E-state index is 0.0898. The van der Waals surface area contributed by atoms with Crippen LogP contribution in [-0.2, 0) is 21.4 Å². The molecule has 20 heavy (non-hydrogen) atoms. The Labute approximate surface area is 119 Å². The Morgan fingerprint density at radius 1 is 1.45 bits per heavy atom. The molecule has 1 aromatic heterocycles. The van der Waals surface area contributed by atoms with Crippen molar-refractivity contribution in [2.45, 2.75) is 44.0 Å². The molecule has 0 saturated carbocycles. The third-order valence-corrected chi connectivity index (χ3v) is 4.76. The number of nitrogens with zero attached hydrogens (tertiary/aromatic N) is 3. The molecule has 0 amide bonds. The first-order valence-electron chi connectivity index (χ1n) is 6.58. The number of sulfonamides is 1. The van der Waals surface area contributed by atoms with Crippen molar-refractivity contribution in [3.63, 3.8) is 0 Å². The lowest BCUT2D eigenvalue weighted by Crippen LogP contribution is -2.27. The molecule has 0 bridgehead atoms. The number of hydrogen-bond acceptors (Lipinski definition) is 4. The molecule has 0 saturated heterocycles. The molecular weight excluding hydrogens is 282 g/mol. The third-order valence-electron chi connectivity index (χ3n) is 2.95. The number of rotatable bonds is 9. The Morgan fingerprint density at radius 3 is 2.75 bits per heavy atom. The van der Waals surface area contributed by atoms with Crippen LogP contribution in [0.3, 0.4) is 0 Å². The number of hydrogen-bond donors (Lipinski definition) is 1. The molecule has 0 aromatic carbocycles. The van der Waals surface area contributed by atoms with E-state index in [4.69, 9.17) is 5.11 Å². The van der Waals surface area contributed by atoms with Gasteiger partial charge in [0.25, 0.3) is 0 Å². The third kappa shape index (κ3) is 4.61. The highest BCUT2D eigenvalue weighted by Gasteiger charge is 2.22. The van der Waals surface area contributed by atoms with E-state index < -0.39 is 16.0 Å². The van der Waals surface area contributed by atoms with Crippen LogP contribution in [0.5, 0.6) is 0 Å². The minimum atomic E-state index is -3.53. The molecule has 0 atom stereocenters. The lowest BCUT2D eigenvalue weighted by molar-refractivity contribution is -0.137. The second kappa shape index (κ2) is 7.39. The van der Waals surface area contributed by atoms with Crippen LogP contribution in [0.2, 0.25) is 0 Å². The van der Waals surface area contributed by atoms with Crippen molar-refractivity contribution in [1.29, 1.82) is 0 Å². The Morgan fingerprint density at radius 2 is 2.15 bits per heavy atom. The van der Waals surface area contributed by atoms with E-state index in [0.717, 1.165) is 19.3 Å². The maximum atomic E-state index is 12.2. The smallest absolute Gasteiger partial charge is 0.305 e. The number of carbonyl (C=O) groups is 1. The van der Waals surface area contributed by atoms with Gasteiger partial charge < -0.3 is 5.11 Å². The second-order valence-electron chi connectivity index (χ2n) is 4.62. The fourth-order valence-corrected chi connectivity index (χ4v) is 2.86. The van der Waals surface area contributed by atoms with Gasteiger partial charge in [-0.25, -0.2) is 12.7 Å². The van der Waals surface area contributed by atoms with Gasteiger partial charge in [-0.05, 0) is 6.42 Å². The Balaban J connectivity index is 2.69. The quantitative estimate of drug-likeness (QED) is 0.691. The predicted octanol–water partition coefficient (Wildman–Crippen LogP) is 1.17. The highest BCUT2D eigenvalue weighted by Crippen LogP contribution is 2.14. The highest BCUT2D eigenvalue weighted by molar-refractivity contribution is 7.89. The maximum Gasteiger partial charge on any atom is 0.305 e. The summed E-state index contributed by atoms with van der Waals surface area (Å²) >= 11 is 0. The Kier molecular flexibility index (Phi) is 6.15. The molecule has 7 nitrogen and oxygen atoms in total. The van der Waals surface area contributed by atoms with Gasteiger partial charge in [0.15, 0.2) is 0 Å². The molecule has 8 heteroatoms. The Bertz CT molecular complexity index is 539. The van der Waals surface area contributed by atoms with Crippen molar-refractivity contribution in [2.75, 3.05) is 13.6 Å². The number of aromatic nitrogens is 2. The zero-order valence-electron chi connectivity index (χ0n) is 11.8. The van der Waals surface area contributed by atoms with E-state index in [9.17, 15) is 13.2 Å². The van der Waals surface area contributed by atoms with Crippen LogP contribution in [0.1, 0.15) is 32.6 Å². The van der Waals surface area contributed by atoms with Crippen molar-refractivity contribution < 1.29 is 18.3 Å². The first kappa shape index (κ1) is 16.6. The summed E-state index contributed by atoms with van der Waals surface area (Å²) in [5, 5.41) is 12.5. The summed E-state index contributed by atoms with van der Waals surface area (Å²) in [6, 6.07) is 0. The van der Waals surface area contributed by atoms with E-state index >= 15 is 0 Å². The molecule has 1 N–H and O–H groups in total. The van der Waals surface area contributed by atoms with Crippen LogP contribution in [0.15, 0.2) is 17.3 Å². The van der Waals surface area contributed by atoms with E-state index in [1.165, 1.54) is 21.4 Å². The van der Waals surface area contributed by atoms with Gasteiger partial charge in [-0.15, -0.1) is 0 Å². The van der Waals surface area contributed by atoms with Crippen molar-refractivity contribution in [3.05, 3.63) is 12.4 Å². The van der Waals surface area contributed by atoms with Gasteiger partial charge >= 0.3 is 5.97 Å². The SMILES string of the molecule is CCCCCN(C)S(=O)(=O)c1cnn(CCC(=O)O)c1. The molecule has 1 aromatic rings. The van der Waals surface area contributed by atoms with Gasteiger partial charge in [0.05, 0.1) is 19.2 Å². The second-order valence-corrected chi connectivity index (χ2v) is 6.66. The molecule has 0 aliphatic heterocycles. The monoisotopic (exact) mass is 303 g/mol. The Hall–Kier alpha value is -1.41. The minimum Gasteiger partial charge on any atom is -0.481 e. The topological polar surface area (TPSA) is 92.5 Å². The lowest BCUT2D eigenvalue weighted by atomic mass is 10.2. The molecular formula is C12H21N3O4S. The molecule has 0 aliphatic rings. The van der Waals surface area contributed by atoms with Crippen LogP contribution in [0.25, 0.3) is 0 Å². The molecule has 0 aliphatic carbocycles. The van der Waals surface area contributed by atoms with E-state index in [1.54, 1.807) is 7.05 Å². The largest absolute Gasteiger partial charge is 0.481 e. The maximum absolute atomic E-state index is 12.2. The molecule has 1 heterocycles. The van der Waals surface area contributed by atoms with Gasteiger partial charge in [-0.2, -0.15) is 5.10 Å². The van der Waals surface area contributed by atoms with Crippen molar-refractivity contribution in [3.8, 4) is 0 Å². The first-order valence-corrected chi connectivity index (χ1v) is 8.02. The predicted molar refractivity (Wildman–Crippen MR) is 73.8 cm³/mol. The average Bonchev–Trinajstić information content (AvgIpc) is 2.86. The summed E-state index contributed by atoms with van der Waals surface area (Å²) in [6.45, 7) is 2.68. The van der Waals surface area contributed by atoms with Crippen LogP contribution in [-0.4, -0.2) is 47.2 Å². The number of carboxylic acids is 1. The summed E-state index contributed by atoms with van der Waals surface area (Å²) in [5.41, 5.74) is 0. The van der Waals surface area contributed by atoms with Crippen LogP contribution in [0.4, 0.5) is 0 Å². The van der Waals surface area contributed by atoms with E-state index in [2.05, 4.69) is 12.0 Å². The molecule has 0 radical (unpaired) electrons. The zero-order chi connectivity index (χ0) is 15.2. The number of aryl methyl sites for hydroxylation is 1. The van der Waals surface area contributed by atoms with Gasteiger partial charge in [0, 0.05) is 19.8 Å². The first-order chi connectivity index (χ1) is 9.37. The van der Waals surface area contributed by atoms with Crippen molar-refractivity contribution >= 4 is 16.0 Å². The summed E-state index contributed by atoms with van der Waals surface area (Å²) in [7, 11) is -1.99. The fraction of sp³-hybridized carbons (Fsp3) is 0.667. The fourth-order valence-electron chi connectivity index (χ4n) is 1.69. The summed E-state index contributed by atoms with van der Waals surface area (Å²) < 4.78 is 27.1. The lowest BCUT2D eigenvalue weighted by Gasteiger charge is -2.15. The van der Waals surface area contributed by atoms with E-state index in [-0.39, 0.29) is 17.9 Å².